The first-order chi connectivity index (χ1) is 21.7. The van der Waals surface area contributed by atoms with Gasteiger partial charge in [-0.25, -0.2) is 4.98 Å². The van der Waals surface area contributed by atoms with Crippen LogP contribution in [-0.4, -0.2) is 15.0 Å². The van der Waals surface area contributed by atoms with Gasteiger partial charge in [-0.2, -0.15) is 9.97 Å². The van der Waals surface area contributed by atoms with Gasteiger partial charge in [-0.1, -0.05) is 121 Å². The molecule has 0 aliphatic heterocycles. The Morgan fingerprint density at radius 2 is 1.09 bits per heavy atom. The summed E-state index contributed by atoms with van der Waals surface area (Å²) in [6.07, 6.45) is 0. The van der Waals surface area contributed by atoms with E-state index in [0.717, 1.165) is 49.6 Å². The molecule has 5 heteroatoms. The maximum Gasteiger partial charge on any atom is 0.226 e. The third kappa shape index (κ3) is 3.89. The van der Waals surface area contributed by atoms with E-state index in [4.69, 9.17) is 21.0 Å². The Balaban J connectivity index is 1.22. The molecule has 0 N–H and O–H groups in total. The minimum absolute atomic E-state index is 0.143. The number of hydrogen-bond donors (Lipinski definition) is 0. The lowest BCUT2D eigenvalue weighted by molar-refractivity contribution is 0.670. The van der Waals surface area contributed by atoms with Gasteiger partial charge in [0.05, 0.1) is 0 Å². The van der Waals surface area contributed by atoms with Gasteiger partial charge in [-0.05, 0) is 61.6 Å². The summed E-state index contributed by atoms with van der Waals surface area (Å²) in [6.45, 7) is 0. The van der Waals surface area contributed by atoms with Crippen molar-refractivity contribution in [2.75, 3.05) is 0 Å². The third-order valence-electron chi connectivity index (χ3n) is 8.45. The fourth-order valence-electron chi connectivity index (χ4n) is 6.46. The summed E-state index contributed by atoms with van der Waals surface area (Å²) in [5, 5.41) is 9.18. The molecule has 0 spiro atoms. The van der Waals surface area contributed by atoms with E-state index in [1.807, 2.05) is 18.2 Å². The van der Waals surface area contributed by atoms with E-state index in [9.17, 15) is 0 Å². The van der Waals surface area contributed by atoms with Crippen molar-refractivity contribution in [2.24, 2.45) is 0 Å². The second kappa shape index (κ2) is 9.73. The van der Waals surface area contributed by atoms with Gasteiger partial charge >= 0.3 is 0 Å². The molecule has 0 amide bonds. The number of nitrogens with zero attached hydrogens (tertiary/aromatic N) is 3. The highest BCUT2D eigenvalue weighted by molar-refractivity contribution is 6.28. The quantitative estimate of drug-likeness (QED) is 0.194. The van der Waals surface area contributed by atoms with Crippen molar-refractivity contribution in [3.05, 3.63) is 139 Å². The lowest BCUT2D eigenvalue weighted by atomic mass is 9.96. The van der Waals surface area contributed by atoms with E-state index in [2.05, 4.69) is 125 Å². The minimum atomic E-state index is 0.143. The Morgan fingerprint density at radius 3 is 2.00 bits per heavy atom. The van der Waals surface area contributed by atoms with Crippen LogP contribution in [0.25, 0.3) is 88.2 Å². The summed E-state index contributed by atoms with van der Waals surface area (Å²) in [6, 6.07) is 46.0. The average Bonchev–Trinajstić information content (AvgIpc) is 3.47. The van der Waals surface area contributed by atoms with E-state index in [0.29, 0.717) is 11.6 Å². The molecule has 0 saturated heterocycles. The zero-order valence-electron chi connectivity index (χ0n) is 23.3. The van der Waals surface area contributed by atoms with Crippen LogP contribution >= 0.6 is 11.6 Å². The van der Waals surface area contributed by atoms with Crippen molar-refractivity contribution < 1.29 is 4.42 Å². The van der Waals surface area contributed by atoms with E-state index in [1.165, 1.54) is 26.9 Å². The first-order valence-electron chi connectivity index (χ1n) is 14.5. The van der Waals surface area contributed by atoms with E-state index < -0.39 is 0 Å². The summed E-state index contributed by atoms with van der Waals surface area (Å²) in [7, 11) is 0. The molecule has 0 bridgehead atoms. The van der Waals surface area contributed by atoms with Crippen LogP contribution in [0.15, 0.2) is 138 Å². The molecule has 0 aliphatic rings. The molecule has 0 saturated carbocycles. The van der Waals surface area contributed by atoms with Gasteiger partial charge < -0.3 is 4.42 Å². The highest BCUT2D eigenvalue weighted by atomic mass is 35.5. The minimum Gasteiger partial charge on any atom is -0.455 e. The first-order valence-corrected chi connectivity index (χ1v) is 14.9. The van der Waals surface area contributed by atoms with Crippen molar-refractivity contribution in [2.45, 2.75) is 0 Å². The van der Waals surface area contributed by atoms with Crippen LogP contribution in [-0.2, 0) is 0 Å². The highest BCUT2D eigenvalue weighted by Gasteiger charge is 2.19. The maximum absolute atomic E-state index is 6.57. The zero-order valence-corrected chi connectivity index (χ0v) is 24.1. The van der Waals surface area contributed by atoms with Crippen LogP contribution in [0.1, 0.15) is 0 Å². The van der Waals surface area contributed by atoms with Crippen molar-refractivity contribution in [3.8, 4) is 33.9 Å². The second-order valence-corrected chi connectivity index (χ2v) is 11.3. The SMILES string of the molecule is Clc1nc(-c2ccc3c(ccc4ccccc43)c2)nc(-c2cccc3oc4c(-c5cccc6ccccc56)cccc4c23)n1. The summed E-state index contributed by atoms with van der Waals surface area (Å²) in [4.78, 5) is 14.1. The molecule has 44 heavy (non-hydrogen) atoms. The van der Waals surface area contributed by atoms with Gasteiger partial charge in [0.1, 0.15) is 11.2 Å². The molecule has 0 atom stereocenters. The van der Waals surface area contributed by atoms with Crippen LogP contribution in [0, 0.1) is 0 Å². The van der Waals surface area contributed by atoms with Crippen LogP contribution < -0.4 is 0 Å². The lowest BCUT2D eigenvalue weighted by Crippen LogP contribution is -1.97. The molecule has 0 unspecified atom stereocenters. The van der Waals surface area contributed by atoms with Crippen molar-refractivity contribution in [1.82, 2.24) is 15.0 Å². The lowest BCUT2D eigenvalue weighted by Gasteiger charge is -2.09. The summed E-state index contributed by atoms with van der Waals surface area (Å²) in [5.41, 5.74) is 5.48. The third-order valence-corrected chi connectivity index (χ3v) is 8.62. The molecule has 2 heterocycles. The molecule has 0 aliphatic carbocycles. The van der Waals surface area contributed by atoms with Gasteiger partial charge in [0.15, 0.2) is 11.6 Å². The highest BCUT2D eigenvalue weighted by Crippen LogP contribution is 2.41. The number of aromatic nitrogens is 3. The number of halogens is 1. The Kier molecular flexibility index (Phi) is 5.52. The van der Waals surface area contributed by atoms with E-state index in [-0.39, 0.29) is 5.28 Å². The first kappa shape index (κ1) is 25.0. The Hall–Kier alpha value is -5.58. The standard InChI is InChI=1S/C39H22ClN3O/c40-39-42-37(26-20-21-29-25(22-26)19-18-24-9-2-3-11-27(24)29)41-38(43-39)33-16-7-17-34-35(33)32-15-6-14-31(36(32)44-34)30-13-5-10-23-8-1-4-12-28(23)30/h1-22H. The van der Waals surface area contributed by atoms with Gasteiger partial charge in [-0.15, -0.1) is 0 Å². The fraction of sp³-hybridized carbons (Fsp3) is 0. The van der Waals surface area contributed by atoms with Crippen molar-refractivity contribution >= 4 is 65.9 Å². The van der Waals surface area contributed by atoms with Gasteiger partial charge in [0, 0.05) is 27.5 Å². The molecule has 2 aromatic heterocycles. The van der Waals surface area contributed by atoms with Gasteiger partial charge in [0.2, 0.25) is 5.28 Å². The van der Waals surface area contributed by atoms with Gasteiger partial charge in [0.25, 0.3) is 0 Å². The van der Waals surface area contributed by atoms with Crippen LogP contribution in [0.3, 0.4) is 0 Å². The van der Waals surface area contributed by atoms with E-state index >= 15 is 0 Å². The number of furan rings is 1. The summed E-state index contributed by atoms with van der Waals surface area (Å²) in [5.74, 6) is 1.03. The predicted molar refractivity (Wildman–Crippen MR) is 181 cm³/mol. The smallest absolute Gasteiger partial charge is 0.226 e. The maximum atomic E-state index is 6.57. The second-order valence-electron chi connectivity index (χ2n) is 11.0. The number of rotatable bonds is 3. The number of hydrogen-bond acceptors (Lipinski definition) is 4. The zero-order chi connectivity index (χ0) is 29.2. The number of para-hydroxylation sites is 1. The van der Waals surface area contributed by atoms with Crippen molar-refractivity contribution in [3.63, 3.8) is 0 Å². The van der Waals surface area contributed by atoms with Crippen molar-refractivity contribution in [1.29, 1.82) is 0 Å². The topological polar surface area (TPSA) is 51.8 Å². The molecular formula is C39H22ClN3O. The Labute approximate surface area is 257 Å². The number of fused-ring (bicyclic) bond motifs is 7. The molecule has 206 valence electrons. The Bertz CT molecular complexity index is 2580. The fourth-order valence-corrected chi connectivity index (χ4v) is 6.62. The molecule has 0 fully saturated rings. The molecule has 9 rings (SSSR count). The molecule has 9 aromatic rings. The normalized spacial score (nSPS) is 11.8. The van der Waals surface area contributed by atoms with E-state index in [1.54, 1.807) is 0 Å². The average molecular weight is 584 g/mol. The van der Waals surface area contributed by atoms with Crippen LogP contribution in [0.2, 0.25) is 5.28 Å². The molecule has 0 radical (unpaired) electrons. The Morgan fingerprint density at radius 1 is 0.455 bits per heavy atom. The van der Waals surface area contributed by atoms with Crippen LogP contribution in [0.4, 0.5) is 0 Å². The monoisotopic (exact) mass is 583 g/mol. The van der Waals surface area contributed by atoms with Gasteiger partial charge in [-0.3, -0.25) is 0 Å². The number of benzene rings is 7. The molecule has 4 nitrogen and oxygen atoms in total. The largest absolute Gasteiger partial charge is 0.455 e. The molecular weight excluding hydrogens is 562 g/mol. The summed E-state index contributed by atoms with van der Waals surface area (Å²) < 4.78 is 6.57. The predicted octanol–water partition coefficient (Wildman–Crippen LogP) is 10.9. The molecule has 7 aromatic carbocycles. The van der Waals surface area contributed by atoms with Crippen LogP contribution in [0.5, 0.6) is 0 Å². The summed E-state index contributed by atoms with van der Waals surface area (Å²) >= 11 is 6.56.